The molecule has 0 aromatic heterocycles. The first-order valence-electron chi connectivity index (χ1n) is 3.09. The first kappa shape index (κ1) is 6.87. The summed E-state index contributed by atoms with van der Waals surface area (Å²) < 4.78 is 0. The number of thioether (sulfide) groups is 1. The monoisotopic (exact) mass is 142 g/mol. The molecule has 0 aromatic rings. The van der Waals surface area contributed by atoms with Crippen molar-refractivity contribution in [1.29, 1.82) is 0 Å². The van der Waals surface area contributed by atoms with Gasteiger partial charge in [-0.2, -0.15) is 0 Å². The van der Waals surface area contributed by atoms with Gasteiger partial charge in [0.15, 0.2) is 0 Å². The quantitative estimate of drug-likeness (QED) is 0.586. The van der Waals surface area contributed by atoms with Crippen LogP contribution in [-0.2, 0) is 4.79 Å². The topological polar surface area (TPSA) is 17.1 Å². The van der Waals surface area contributed by atoms with Gasteiger partial charge < -0.3 is 0 Å². The van der Waals surface area contributed by atoms with Gasteiger partial charge in [0.2, 0.25) is 0 Å². The van der Waals surface area contributed by atoms with Crippen molar-refractivity contribution in [2.24, 2.45) is 0 Å². The van der Waals surface area contributed by atoms with E-state index >= 15 is 0 Å². The van der Waals surface area contributed by atoms with Gasteiger partial charge in [-0.1, -0.05) is 6.08 Å². The Kier molecular flexibility index (Phi) is 2.34. The molecular formula is C7H10OS. The van der Waals surface area contributed by atoms with Crippen LogP contribution >= 0.6 is 11.8 Å². The fourth-order valence-electron chi connectivity index (χ4n) is 0.882. The van der Waals surface area contributed by atoms with Crippen LogP contribution in [0.15, 0.2) is 11.5 Å². The molecule has 0 aromatic carbocycles. The number of allylic oxidation sites excluding steroid dienone is 1. The van der Waals surface area contributed by atoms with E-state index in [0.717, 1.165) is 12.8 Å². The number of Topliss-reactive ketones (excluding diaryl/α,β-unsaturated/α-hetero) is 1. The van der Waals surface area contributed by atoms with Gasteiger partial charge in [0.1, 0.15) is 5.78 Å². The van der Waals surface area contributed by atoms with Crippen LogP contribution in [0, 0.1) is 0 Å². The highest BCUT2D eigenvalue weighted by molar-refractivity contribution is 8.03. The van der Waals surface area contributed by atoms with E-state index in [9.17, 15) is 4.79 Å². The van der Waals surface area contributed by atoms with Gasteiger partial charge in [-0.15, -0.1) is 11.8 Å². The fraction of sp³-hybridized carbons (Fsp3) is 0.571. The number of carbonyl (C=O) groups is 1. The number of ketones is 1. The number of hydrogen-bond acceptors (Lipinski definition) is 2. The first-order valence-corrected chi connectivity index (χ1v) is 4.03. The second-order valence-electron chi connectivity index (χ2n) is 2.27. The standard InChI is InChI=1S/C7H10OS/c1-6(8)5-7-3-2-4-9-7/h2,4,7H,3,5H2,1H3. The summed E-state index contributed by atoms with van der Waals surface area (Å²) in [6.07, 6.45) is 3.93. The molecule has 1 rings (SSSR count). The molecule has 0 saturated carbocycles. The fourth-order valence-corrected chi connectivity index (χ4v) is 1.88. The van der Waals surface area contributed by atoms with Crippen LogP contribution in [0.25, 0.3) is 0 Å². The molecule has 0 spiro atoms. The summed E-state index contributed by atoms with van der Waals surface area (Å²) in [5.41, 5.74) is 0. The van der Waals surface area contributed by atoms with Gasteiger partial charge >= 0.3 is 0 Å². The molecular weight excluding hydrogens is 132 g/mol. The third-order valence-corrected chi connectivity index (χ3v) is 2.37. The van der Waals surface area contributed by atoms with Gasteiger partial charge in [-0.25, -0.2) is 0 Å². The highest BCUT2D eigenvalue weighted by Crippen LogP contribution is 2.26. The smallest absolute Gasteiger partial charge is 0.130 e. The summed E-state index contributed by atoms with van der Waals surface area (Å²) in [5, 5.41) is 2.62. The van der Waals surface area contributed by atoms with E-state index in [0.29, 0.717) is 11.0 Å². The number of carbonyl (C=O) groups excluding carboxylic acids is 1. The van der Waals surface area contributed by atoms with Crippen LogP contribution in [-0.4, -0.2) is 11.0 Å². The summed E-state index contributed by atoms with van der Waals surface area (Å²) in [7, 11) is 0. The van der Waals surface area contributed by atoms with Crippen LogP contribution in [0.2, 0.25) is 0 Å². The van der Waals surface area contributed by atoms with Gasteiger partial charge in [0.25, 0.3) is 0 Å². The van der Waals surface area contributed by atoms with Crippen LogP contribution in [0.4, 0.5) is 0 Å². The molecule has 1 heterocycles. The summed E-state index contributed by atoms with van der Waals surface area (Å²) in [5.74, 6) is 0.302. The third-order valence-electron chi connectivity index (χ3n) is 1.28. The van der Waals surface area contributed by atoms with E-state index in [4.69, 9.17) is 0 Å². The molecule has 50 valence electrons. The lowest BCUT2D eigenvalue weighted by atomic mass is 10.2. The largest absolute Gasteiger partial charge is 0.300 e. The summed E-state index contributed by atoms with van der Waals surface area (Å²) >= 11 is 1.77. The molecule has 0 amide bonds. The lowest BCUT2D eigenvalue weighted by molar-refractivity contribution is -0.116. The van der Waals surface area contributed by atoms with Gasteiger partial charge in [-0.05, 0) is 18.8 Å². The molecule has 1 aliphatic rings. The molecule has 2 heteroatoms. The zero-order valence-corrected chi connectivity index (χ0v) is 6.28. The predicted octanol–water partition coefficient (Wildman–Crippen LogP) is 1.98. The van der Waals surface area contributed by atoms with Crippen molar-refractivity contribution in [1.82, 2.24) is 0 Å². The minimum atomic E-state index is 0.302. The SMILES string of the molecule is CC(=O)CC1CC=CS1. The predicted molar refractivity (Wildman–Crippen MR) is 40.4 cm³/mol. The average Bonchev–Trinajstić information content (AvgIpc) is 2.15. The lowest BCUT2D eigenvalue weighted by Gasteiger charge is -2.02. The minimum absolute atomic E-state index is 0.302. The Bertz CT molecular complexity index is 132. The van der Waals surface area contributed by atoms with Crippen LogP contribution in [0.5, 0.6) is 0 Å². The molecule has 0 bridgehead atoms. The molecule has 1 aliphatic heterocycles. The average molecular weight is 142 g/mol. The van der Waals surface area contributed by atoms with Gasteiger partial charge in [-0.3, -0.25) is 4.79 Å². The van der Waals surface area contributed by atoms with Crippen molar-refractivity contribution < 1.29 is 4.79 Å². The first-order chi connectivity index (χ1) is 4.29. The van der Waals surface area contributed by atoms with Crippen LogP contribution in [0.3, 0.4) is 0 Å². The molecule has 0 fully saturated rings. The highest BCUT2D eigenvalue weighted by Gasteiger charge is 2.11. The maximum Gasteiger partial charge on any atom is 0.130 e. The Labute approximate surface area is 59.5 Å². The van der Waals surface area contributed by atoms with Crippen molar-refractivity contribution in [3.63, 3.8) is 0 Å². The highest BCUT2D eigenvalue weighted by atomic mass is 32.2. The zero-order chi connectivity index (χ0) is 6.69. The van der Waals surface area contributed by atoms with Crippen LogP contribution < -0.4 is 0 Å². The lowest BCUT2D eigenvalue weighted by Crippen LogP contribution is -2.03. The maximum absolute atomic E-state index is 10.6. The molecule has 1 unspecified atom stereocenters. The maximum atomic E-state index is 10.6. The van der Waals surface area contributed by atoms with Crippen molar-refractivity contribution in [2.45, 2.75) is 25.0 Å². The second kappa shape index (κ2) is 3.06. The van der Waals surface area contributed by atoms with Crippen LogP contribution in [0.1, 0.15) is 19.8 Å². The molecule has 1 atom stereocenters. The van der Waals surface area contributed by atoms with Gasteiger partial charge in [0.05, 0.1) is 0 Å². The van der Waals surface area contributed by atoms with E-state index in [1.54, 1.807) is 18.7 Å². The van der Waals surface area contributed by atoms with Crippen molar-refractivity contribution >= 4 is 17.5 Å². The van der Waals surface area contributed by atoms with Crippen molar-refractivity contribution in [3.8, 4) is 0 Å². The third kappa shape index (κ3) is 2.22. The molecule has 0 N–H and O–H groups in total. The number of rotatable bonds is 2. The summed E-state index contributed by atoms with van der Waals surface area (Å²) in [6, 6.07) is 0. The van der Waals surface area contributed by atoms with E-state index in [-0.39, 0.29) is 0 Å². The Balaban J connectivity index is 2.22. The summed E-state index contributed by atoms with van der Waals surface area (Å²) in [6.45, 7) is 1.65. The second-order valence-corrected chi connectivity index (χ2v) is 3.48. The van der Waals surface area contributed by atoms with E-state index in [1.165, 1.54) is 0 Å². The normalized spacial score (nSPS) is 24.8. The summed E-state index contributed by atoms with van der Waals surface area (Å²) in [4.78, 5) is 10.6. The Morgan fingerprint density at radius 3 is 3.11 bits per heavy atom. The molecule has 0 radical (unpaired) electrons. The van der Waals surface area contributed by atoms with Gasteiger partial charge in [0, 0.05) is 11.7 Å². The molecule has 0 aliphatic carbocycles. The van der Waals surface area contributed by atoms with E-state index in [2.05, 4.69) is 11.5 Å². The Morgan fingerprint density at radius 1 is 1.89 bits per heavy atom. The van der Waals surface area contributed by atoms with E-state index < -0.39 is 0 Å². The minimum Gasteiger partial charge on any atom is -0.300 e. The molecule has 9 heavy (non-hydrogen) atoms. The van der Waals surface area contributed by atoms with Crippen molar-refractivity contribution in [2.75, 3.05) is 0 Å². The number of hydrogen-bond donors (Lipinski definition) is 0. The Morgan fingerprint density at radius 2 is 2.67 bits per heavy atom. The van der Waals surface area contributed by atoms with Crippen molar-refractivity contribution in [3.05, 3.63) is 11.5 Å². The molecule has 0 saturated heterocycles. The Hall–Kier alpha value is -0.240. The van der Waals surface area contributed by atoms with E-state index in [1.807, 2.05) is 0 Å². The molecule has 1 nitrogen and oxygen atoms in total. The zero-order valence-electron chi connectivity index (χ0n) is 5.46.